The third-order valence-electron chi connectivity index (χ3n) is 4.51. The topological polar surface area (TPSA) is 59.2 Å². The van der Waals surface area contributed by atoms with Gasteiger partial charge in [-0.25, -0.2) is 4.39 Å². The maximum absolute atomic E-state index is 13.0. The molecule has 8 heteroatoms. The van der Waals surface area contributed by atoms with Crippen LogP contribution in [0.2, 0.25) is 0 Å². The maximum atomic E-state index is 13.0. The van der Waals surface area contributed by atoms with E-state index in [2.05, 4.69) is 10.2 Å². The van der Waals surface area contributed by atoms with E-state index in [9.17, 15) is 9.18 Å². The van der Waals surface area contributed by atoms with Crippen LogP contribution in [0.3, 0.4) is 0 Å². The van der Waals surface area contributed by atoms with Crippen molar-refractivity contribution in [3.05, 3.63) is 52.8 Å². The molecule has 0 N–H and O–H groups in total. The van der Waals surface area contributed by atoms with Gasteiger partial charge in [0, 0.05) is 28.9 Å². The third-order valence-corrected chi connectivity index (χ3v) is 6.19. The first-order valence-corrected chi connectivity index (χ1v) is 10.6. The summed E-state index contributed by atoms with van der Waals surface area (Å²) in [5.41, 5.74) is 0.929. The second kappa shape index (κ2) is 8.22. The molecule has 0 bridgehead atoms. The maximum Gasteiger partial charge on any atom is 0.248 e. The molecule has 1 atom stereocenters. The Bertz CT molecular complexity index is 896. The lowest BCUT2D eigenvalue weighted by molar-refractivity contribution is -0.129. The molecule has 1 saturated heterocycles. The first-order chi connectivity index (χ1) is 13.2. The van der Waals surface area contributed by atoms with E-state index in [1.165, 1.54) is 23.9 Å². The Morgan fingerprint density at radius 1 is 1.30 bits per heavy atom. The van der Waals surface area contributed by atoms with Crippen molar-refractivity contribution in [3.8, 4) is 11.5 Å². The Kier molecular flexibility index (Phi) is 5.54. The Balaban J connectivity index is 1.36. The SMILES string of the molecule is O=C(CSc1ccc(F)cc1)N1CCC[C@H](c2nnc(-c3ccsc3)o2)C1. The molecule has 0 aliphatic carbocycles. The number of amides is 1. The summed E-state index contributed by atoms with van der Waals surface area (Å²) in [6.07, 6.45) is 1.84. The molecule has 1 aliphatic heterocycles. The number of nitrogens with zero attached hydrogens (tertiary/aromatic N) is 3. The number of thiophene rings is 1. The van der Waals surface area contributed by atoms with Crippen molar-refractivity contribution in [3.63, 3.8) is 0 Å². The van der Waals surface area contributed by atoms with Crippen LogP contribution in [0.1, 0.15) is 24.7 Å². The molecule has 4 rings (SSSR count). The summed E-state index contributed by atoms with van der Waals surface area (Å²) in [6.45, 7) is 1.33. The summed E-state index contributed by atoms with van der Waals surface area (Å²) in [5, 5.41) is 12.3. The smallest absolute Gasteiger partial charge is 0.248 e. The first-order valence-electron chi connectivity index (χ1n) is 8.71. The van der Waals surface area contributed by atoms with Crippen LogP contribution in [0.4, 0.5) is 4.39 Å². The molecule has 3 heterocycles. The largest absolute Gasteiger partial charge is 0.420 e. The quantitative estimate of drug-likeness (QED) is 0.590. The minimum atomic E-state index is -0.272. The van der Waals surface area contributed by atoms with Crippen LogP contribution in [0, 0.1) is 5.82 Å². The van der Waals surface area contributed by atoms with Crippen LogP contribution < -0.4 is 0 Å². The van der Waals surface area contributed by atoms with Crippen molar-refractivity contribution < 1.29 is 13.6 Å². The standard InChI is InChI=1S/C19H18FN3O2S2/c20-15-3-5-16(6-4-15)27-12-17(24)23-8-1-2-13(10-23)18-21-22-19(25-18)14-7-9-26-11-14/h3-7,9,11,13H,1-2,8,10,12H2/t13-/m0/s1. The van der Waals surface area contributed by atoms with E-state index >= 15 is 0 Å². The highest BCUT2D eigenvalue weighted by Crippen LogP contribution is 2.29. The lowest BCUT2D eigenvalue weighted by atomic mass is 9.98. The normalized spacial score (nSPS) is 17.2. The number of hydrogen-bond donors (Lipinski definition) is 0. The predicted octanol–water partition coefficient (Wildman–Crippen LogP) is 4.44. The number of carbonyl (C=O) groups excluding carboxylic acids is 1. The zero-order chi connectivity index (χ0) is 18.6. The molecule has 1 aliphatic rings. The molecule has 0 radical (unpaired) electrons. The molecule has 0 unspecified atom stereocenters. The molecule has 1 fully saturated rings. The van der Waals surface area contributed by atoms with E-state index < -0.39 is 0 Å². The van der Waals surface area contributed by atoms with Crippen LogP contribution in [0.25, 0.3) is 11.5 Å². The van der Waals surface area contributed by atoms with Crippen LogP contribution in [0.5, 0.6) is 0 Å². The molecule has 140 valence electrons. The lowest BCUT2D eigenvalue weighted by Crippen LogP contribution is -2.40. The molecular weight excluding hydrogens is 385 g/mol. The molecule has 5 nitrogen and oxygen atoms in total. The van der Waals surface area contributed by atoms with Gasteiger partial charge in [-0.05, 0) is 48.6 Å². The van der Waals surface area contributed by atoms with Crippen molar-refractivity contribution in [2.24, 2.45) is 0 Å². The van der Waals surface area contributed by atoms with Gasteiger partial charge in [0.05, 0.1) is 11.7 Å². The van der Waals surface area contributed by atoms with E-state index in [1.807, 2.05) is 21.7 Å². The summed E-state index contributed by atoms with van der Waals surface area (Å²) in [5.74, 6) is 1.33. The summed E-state index contributed by atoms with van der Waals surface area (Å²) in [7, 11) is 0. The Morgan fingerprint density at radius 2 is 2.15 bits per heavy atom. The average Bonchev–Trinajstić information content (AvgIpc) is 3.39. The van der Waals surface area contributed by atoms with Crippen LogP contribution in [0.15, 0.2) is 50.4 Å². The summed E-state index contributed by atoms with van der Waals surface area (Å²) < 4.78 is 18.8. The van der Waals surface area contributed by atoms with Gasteiger partial charge in [-0.2, -0.15) is 11.3 Å². The number of hydrogen-bond acceptors (Lipinski definition) is 6. The van der Waals surface area contributed by atoms with Gasteiger partial charge < -0.3 is 9.32 Å². The number of carbonyl (C=O) groups is 1. The predicted molar refractivity (Wildman–Crippen MR) is 103 cm³/mol. The first kappa shape index (κ1) is 18.2. The molecule has 3 aromatic rings. The molecule has 2 aromatic heterocycles. The zero-order valence-electron chi connectivity index (χ0n) is 14.5. The number of piperidine rings is 1. The minimum absolute atomic E-state index is 0.0680. The highest BCUT2D eigenvalue weighted by Gasteiger charge is 2.28. The Hall–Kier alpha value is -2.19. The van der Waals surface area contributed by atoms with Crippen molar-refractivity contribution in [2.45, 2.75) is 23.7 Å². The Labute approximate surface area is 164 Å². The van der Waals surface area contributed by atoms with E-state index in [4.69, 9.17) is 4.42 Å². The van der Waals surface area contributed by atoms with Gasteiger partial charge >= 0.3 is 0 Å². The van der Waals surface area contributed by atoms with Gasteiger partial charge in [0.25, 0.3) is 0 Å². The fraction of sp³-hybridized carbons (Fsp3) is 0.316. The van der Waals surface area contributed by atoms with Crippen LogP contribution >= 0.6 is 23.1 Å². The summed E-state index contributed by atoms with van der Waals surface area (Å²) >= 11 is 3.01. The van der Waals surface area contributed by atoms with Gasteiger partial charge in [-0.3, -0.25) is 4.79 Å². The molecule has 1 amide bonds. The van der Waals surface area contributed by atoms with E-state index in [0.29, 0.717) is 24.1 Å². The Morgan fingerprint density at radius 3 is 2.93 bits per heavy atom. The lowest BCUT2D eigenvalue weighted by Gasteiger charge is -2.31. The number of aromatic nitrogens is 2. The van der Waals surface area contributed by atoms with Gasteiger partial charge in [0.15, 0.2) is 0 Å². The number of halogens is 1. The van der Waals surface area contributed by atoms with Crippen molar-refractivity contribution >= 4 is 29.0 Å². The van der Waals surface area contributed by atoms with E-state index in [1.54, 1.807) is 23.5 Å². The highest BCUT2D eigenvalue weighted by atomic mass is 32.2. The van der Waals surface area contributed by atoms with Gasteiger partial charge in [-0.1, -0.05) is 0 Å². The molecule has 27 heavy (non-hydrogen) atoms. The van der Waals surface area contributed by atoms with Gasteiger partial charge in [-0.15, -0.1) is 22.0 Å². The van der Waals surface area contributed by atoms with E-state index in [-0.39, 0.29) is 17.6 Å². The number of likely N-dealkylation sites (tertiary alicyclic amines) is 1. The fourth-order valence-electron chi connectivity index (χ4n) is 3.07. The number of benzene rings is 1. The molecule has 0 saturated carbocycles. The van der Waals surface area contributed by atoms with Gasteiger partial charge in [0.1, 0.15) is 5.82 Å². The molecular formula is C19H18FN3O2S2. The van der Waals surface area contributed by atoms with Crippen molar-refractivity contribution in [1.82, 2.24) is 15.1 Å². The average molecular weight is 404 g/mol. The monoisotopic (exact) mass is 403 g/mol. The van der Waals surface area contributed by atoms with Crippen LogP contribution in [-0.2, 0) is 4.79 Å². The number of rotatable bonds is 5. The molecule has 0 spiro atoms. The van der Waals surface area contributed by atoms with Crippen LogP contribution in [-0.4, -0.2) is 39.8 Å². The zero-order valence-corrected chi connectivity index (χ0v) is 16.1. The third kappa shape index (κ3) is 4.39. The second-order valence-corrected chi connectivity index (χ2v) is 8.21. The van der Waals surface area contributed by atoms with Crippen molar-refractivity contribution in [2.75, 3.05) is 18.8 Å². The second-order valence-electron chi connectivity index (χ2n) is 6.38. The minimum Gasteiger partial charge on any atom is -0.420 e. The number of thioether (sulfide) groups is 1. The fourth-order valence-corrected chi connectivity index (χ4v) is 4.51. The summed E-state index contributed by atoms with van der Waals surface area (Å²) in [6, 6.07) is 8.15. The van der Waals surface area contributed by atoms with Crippen molar-refractivity contribution in [1.29, 1.82) is 0 Å². The van der Waals surface area contributed by atoms with Gasteiger partial charge in [0.2, 0.25) is 17.7 Å². The highest BCUT2D eigenvalue weighted by molar-refractivity contribution is 8.00. The molecule has 1 aromatic carbocycles. The van der Waals surface area contributed by atoms with E-state index in [0.717, 1.165) is 29.8 Å². The summed E-state index contributed by atoms with van der Waals surface area (Å²) in [4.78, 5) is 15.3.